The molecule has 2 aromatic carbocycles. The standard InChI is InChI=1S/C18H14BrN3O2/c19-14-6-2-1-5-13(14)9-10-17(23)21-15-7-3-4-8-16(15)22-18(24)11-12-20/h1-10H,11H2,(H,21,23)(H,22,24)/b10-9+. The molecule has 0 aliphatic rings. The van der Waals surface area contributed by atoms with Gasteiger partial charge in [0, 0.05) is 10.5 Å². The van der Waals surface area contributed by atoms with E-state index in [0.29, 0.717) is 11.4 Å². The zero-order valence-corrected chi connectivity index (χ0v) is 14.2. The number of nitriles is 1. The lowest BCUT2D eigenvalue weighted by molar-refractivity contribution is -0.115. The van der Waals surface area contributed by atoms with Gasteiger partial charge in [-0.05, 0) is 29.8 Å². The van der Waals surface area contributed by atoms with Crippen LogP contribution in [-0.4, -0.2) is 11.8 Å². The monoisotopic (exact) mass is 383 g/mol. The Labute approximate surface area is 148 Å². The minimum Gasteiger partial charge on any atom is -0.323 e. The summed E-state index contributed by atoms with van der Waals surface area (Å²) in [5, 5.41) is 13.8. The van der Waals surface area contributed by atoms with Crippen LogP contribution in [0.1, 0.15) is 12.0 Å². The molecule has 2 aromatic rings. The number of halogens is 1. The number of hydrogen-bond acceptors (Lipinski definition) is 3. The fourth-order valence-corrected chi connectivity index (χ4v) is 2.33. The maximum absolute atomic E-state index is 12.1. The minimum atomic E-state index is -0.428. The van der Waals surface area contributed by atoms with Crippen LogP contribution in [0, 0.1) is 11.3 Å². The fourth-order valence-electron chi connectivity index (χ4n) is 1.92. The Morgan fingerprint density at radius 3 is 2.33 bits per heavy atom. The third-order valence-electron chi connectivity index (χ3n) is 3.02. The van der Waals surface area contributed by atoms with E-state index < -0.39 is 5.91 Å². The quantitative estimate of drug-likeness (QED) is 0.766. The summed E-state index contributed by atoms with van der Waals surface area (Å²) < 4.78 is 0.887. The molecule has 24 heavy (non-hydrogen) atoms. The highest BCUT2D eigenvalue weighted by molar-refractivity contribution is 9.10. The molecule has 5 nitrogen and oxygen atoms in total. The van der Waals surface area contributed by atoms with Crippen molar-refractivity contribution in [3.05, 3.63) is 64.6 Å². The summed E-state index contributed by atoms with van der Waals surface area (Å²) in [7, 11) is 0. The maximum atomic E-state index is 12.1. The predicted octanol–water partition coefficient (Wildman–Crippen LogP) is 3.95. The van der Waals surface area contributed by atoms with Crippen molar-refractivity contribution in [2.45, 2.75) is 6.42 Å². The molecular formula is C18H14BrN3O2. The zero-order valence-electron chi connectivity index (χ0n) is 12.6. The van der Waals surface area contributed by atoms with Crippen molar-refractivity contribution >= 4 is 45.2 Å². The topological polar surface area (TPSA) is 82.0 Å². The lowest BCUT2D eigenvalue weighted by atomic mass is 10.2. The molecule has 0 radical (unpaired) electrons. The van der Waals surface area contributed by atoms with Crippen LogP contribution in [0.3, 0.4) is 0 Å². The summed E-state index contributed by atoms with van der Waals surface area (Å²) >= 11 is 3.41. The lowest BCUT2D eigenvalue weighted by Gasteiger charge is -2.10. The number of amides is 2. The molecule has 0 bridgehead atoms. The molecule has 0 aliphatic carbocycles. The van der Waals surface area contributed by atoms with Crippen LogP contribution in [0.4, 0.5) is 11.4 Å². The molecule has 0 saturated heterocycles. The molecule has 120 valence electrons. The normalized spacial score (nSPS) is 10.2. The van der Waals surface area contributed by atoms with E-state index in [1.165, 1.54) is 6.08 Å². The molecule has 2 rings (SSSR count). The Bertz CT molecular complexity index is 825. The summed E-state index contributed by atoms with van der Waals surface area (Å²) in [5.41, 5.74) is 1.79. The van der Waals surface area contributed by atoms with E-state index in [-0.39, 0.29) is 12.3 Å². The first kappa shape index (κ1) is 17.4. The van der Waals surface area contributed by atoms with Gasteiger partial charge in [0.05, 0.1) is 17.4 Å². The van der Waals surface area contributed by atoms with Crippen molar-refractivity contribution in [1.82, 2.24) is 0 Å². The van der Waals surface area contributed by atoms with Crippen molar-refractivity contribution in [1.29, 1.82) is 5.26 Å². The third kappa shape index (κ3) is 5.07. The predicted molar refractivity (Wildman–Crippen MR) is 97.1 cm³/mol. The number of hydrogen-bond donors (Lipinski definition) is 2. The molecule has 0 atom stereocenters. The Morgan fingerprint density at radius 1 is 1.04 bits per heavy atom. The second-order valence-electron chi connectivity index (χ2n) is 4.77. The second kappa shape index (κ2) is 8.65. The van der Waals surface area contributed by atoms with Crippen LogP contribution in [0.5, 0.6) is 0 Å². The van der Waals surface area contributed by atoms with Gasteiger partial charge in [-0.3, -0.25) is 9.59 Å². The first-order chi connectivity index (χ1) is 11.6. The number of nitrogens with one attached hydrogen (secondary N) is 2. The first-order valence-electron chi connectivity index (χ1n) is 7.09. The highest BCUT2D eigenvalue weighted by atomic mass is 79.9. The highest BCUT2D eigenvalue weighted by Gasteiger charge is 2.07. The van der Waals surface area contributed by atoms with E-state index in [0.717, 1.165) is 10.0 Å². The van der Waals surface area contributed by atoms with Gasteiger partial charge < -0.3 is 10.6 Å². The number of para-hydroxylation sites is 2. The first-order valence-corrected chi connectivity index (χ1v) is 7.89. The van der Waals surface area contributed by atoms with E-state index in [2.05, 4.69) is 26.6 Å². The summed E-state index contributed by atoms with van der Waals surface area (Å²) in [4.78, 5) is 23.6. The molecule has 6 heteroatoms. The Morgan fingerprint density at radius 2 is 1.67 bits per heavy atom. The maximum Gasteiger partial charge on any atom is 0.248 e. The summed E-state index contributed by atoms with van der Waals surface area (Å²) in [5.74, 6) is -0.754. The van der Waals surface area contributed by atoms with Crippen LogP contribution in [0.2, 0.25) is 0 Å². The van der Waals surface area contributed by atoms with Gasteiger partial charge in [-0.2, -0.15) is 5.26 Å². The van der Waals surface area contributed by atoms with Crippen molar-refractivity contribution in [2.75, 3.05) is 10.6 Å². The van der Waals surface area contributed by atoms with E-state index in [1.807, 2.05) is 24.3 Å². The molecule has 0 aliphatic heterocycles. The van der Waals surface area contributed by atoms with Gasteiger partial charge in [-0.1, -0.05) is 46.3 Å². The van der Waals surface area contributed by atoms with Crippen molar-refractivity contribution < 1.29 is 9.59 Å². The average molecular weight is 384 g/mol. The number of anilines is 2. The Kier molecular flexibility index (Phi) is 6.29. The summed E-state index contributed by atoms with van der Waals surface area (Å²) in [6, 6.07) is 16.1. The molecule has 0 spiro atoms. The smallest absolute Gasteiger partial charge is 0.248 e. The van der Waals surface area contributed by atoms with Crippen LogP contribution >= 0.6 is 15.9 Å². The molecule has 0 unspecified atom stereocenters. The molecule has 2 N–H and O–H groups in total. The van der Waals surface area contributed by atoms with Crippen molar-refractivity contribution in [3.63, 3.8) is 0 Å². The molecule has 0 saturated carbocycles. The lowest BCUT2D eigenvalue weighted by Crippen LogP contribution is -2.14. The minimum absolute atomic E-state index is 0.246. The molecule has 0 heterocycles. The average Bonchev–Trinajstić information content (AvgIpc) is 2.56. The Hall–Kier alpha value is -2.91. The van der Waals surface area contributed by atoms with Crippen LogP contribution < -0.4 is 10.6 Å². The Balaban J connectivity index is 2.08. The van der Waals surface area contributed by atoms with Gasteiger partial charge in [0.15, 0.2) is 0 Å². The zero-order chi connectivity index (χ0) is 17.4. The number of nitrogens with zero attached hydrogens (tertiary/aromatic N) is 1. The van der Waals surface area contributed by atoms with Crippen LogP contribution in [0.25, 0.3) is 6.08 Å². The number of rotatable bonds is 5. The van der Waals surface area contributed by atoms with E-state index in [9.17, 15) is 9.59 Å². The summed E-state index contributed by atoms with van der Waals surface area (Å²) in [6.45, 7) is 0. The van der Waals surface area contributed by atoms with E-state index >= 15 is 0 Å². The van der Waals surface area contributed by atoms with E-state index in [1.54, 1.807) is 36.4 Å². The van der Waals surface area contributed by atoms with Gasteiger partial charge in [0.1, 0.15) is 6.42 Å². The number of carbonyl (C=O) groups excluding carboxylic acids is 2. The fraction of sp³-hybridized carbons (Fsp3) is 0.0556. The molecule has 0 fully saturated rings. The highest BCUT2D eigenvalue weighted by Crippen LogP contribution is 2.21. The number of carbonyl (C=O) groups is 2. The van der Waals surface area contributed by atoms with Gasteiger partial charge in [-0.15, -0.1) is 0 Å². The van der Waals surface area contributed by atoms with Crippen molar-refractivity contribution in [3.8, 4) is 6.07 Å². The van der Waals surface area contributed by atoms with Crippen LogP contribution in [0.15, 0.2) is 59.1 Å². The van der Waals surface area contributed by atoms with Crippen molar-refractivity contribution in [2.24, 2.45) is 0 Å². The summed E-state index contributed by atoms with van der Waals surface area (Å²) in [6.07, 6.45) is 2.86. The van der Waals surface area contributed by atoms with Gasteiger partial charge in [-0.25, -0.2) is 0 Å². The molecule has 0 aromatic heterocycles. The van der Waals surface area contributed by atoms with E-state index in [4.69, 9.17) is 5.26 Å². The largest absolute Gasteiger partial charge is 0.323 e. The molecule has 2 amide bonds. The number of benzene rings is 2. The van der Waals surface area contributed by atoms with Gasteiger partial charge in [0.2, 0.25) is 11.8 Å². The second-order valence-corrected chi connectivity index (χ2v) is 5.63. The van der Waals surface area contributed by atoms with Gasteiger partial charge >= 0.3 is 0 Å². The molecular weight excluding hydrogens is 370 g/mol. The third-order valence-corrected chi connectivity index (χ3v) is 3.74. The van der Waals surface area contributed by atoms with Gasteiger partial charge in [0.25, 0.3) is 0 Å². The van der Waals surface area contributed by atoms with Crippen LogP contribution in [-0.2, 0) is 9.59 Å². The SMILES string of the molecule is N#CCC(=O)Nc1ccccc1NC(=O)/C=C/c1ccccc1Br.